The fourth-order valence-corrected chi connectivity index (χ4v) is 3.31. The molecule has 148 valence electrons. The Hall–Kier alpha value is -1.57. The highest BCUT2D eigenvalue weighted by Gasteiger charge is 2.12. The van der Waals surface area contributed by atoms with Crippen molar-refractivity contribution in [1.29, 1.82) is 0 Å². The van der Waals surface area contributed by atoms with E-state index in [2.05, 4.69) is 33.9 Å². The minimum Gasteiger partial charge on any atom is -0.367 e. The summed E-state index contributed by atoms with van der Waals surface area (Å²) in [5.41, 5.74) is 0.876. The molecule has 2 aromatic rings. The van der Waals surface area contributed by atoms with E-state index < -0.39 is 0 Å². The molecule has 0 aliphatic heterocycles. The summed E-state index contributed by atoms with van der Waals surface area (Å²) in [7, 11) is 0. The van der Waals surface area contributed by atoms with Gasteiger partial charge in [-0.25, -0.2) is 0 Å². The molecule has 0 unspecified atom stereocenters. The molecule has 0 aliphatic carbocycles. The minimum absolute atomic E-state index is 0.0192. The first kappa shape index (κ1) is 21.7. The van der Waals surface area contributed by atoms with Crippen molar-refractivity contribution in [3.63, 3.8) is 0 Å². The van der Waals surface area contributed by atoms with Gasteiger partial charge in [-0.2, -0.15) is 0 Å². The Morgan fingerprint density at radius 3 is 2.81 bits per heavy atom. The van der Waals surface area contributed by atoms with Crippen LogP contribution in [0.25, 0.3) is 0 Å². The maximum absolute atomic E-state index is 11.9. The number of halogens is 1. The lowest BCUT2D eigenvalue weighted by atomic mass is 10.2. The van der Waals surface area contributed by atoms with Gasteiger partial charge in [-0.15, -0.1) is 10.2 Å². The fraction of sp³-hybridized carbons (Fsp3) is 0.526. The molecule has 0 bridgehead atoms. The van der Waals surface area contributed by atoms with Crippen LogP contribution in [0.3, 0.4) is 0 Å². The standard InChI is InChI=1S/C19H27ClN4O2S/c1-14(2)11-24-17(22-23-19(24)27-3)9-6-10-21-18(25)13-26-12-15-7-4-5-8-16(15)20/h4-5,7-8,14H,6,9-13H2,1-3H3,(H,21,25). The first-order valence-corrected chi connectivity index (χ1v) is 10.7. The highest BCUT2D eigenvalue weighted by molar-refractivity contribution is 7.98. The molecular formula is C19H27ClN4O2S. The van der Waals surface area contributed by atoms with E-state index >= 15 is 0 Å². The molecule has 1 aromatic carbocycles. The van der Waals surface area contributed by atoms with Crippen LogP contribution in [-0.2, 0) is 29.1 Å². The second kappa shape index (κ2) is 11.3. The molecule has 0 saturated carbocycles. The molecule has 27 heavy (non-hydrogen) atoms. The summed E-state index contributed by atoms with van der Waals surface area (Å²) in [6.45, 7) is 6.18. The van der Waals surface area contributed by atoms with Crippen LogP contribution < -0.4 is 5.32 Å². The van der Waals surface area contributed by atoms with E-state index in [9.17, 15) is 4.79 Å². The fourth-order valence-electron chi connectivity index (χ4n) is 2.60. The molecule has 1 N–H and O–H groups in total. The van der Waals surface area contributed by atoms with Crippen LogP contribution in [0.1, 0.15) is 31.7 Å². The average Bonchev–Trinajstić information content (AvgIpc) is 3.01. The number of nitrogens with zero attached hydrogens (tertiary/aromatic N) is 3. The summed E-state index contributed by atoms with van der Waals surface area (Å²) < 4.78 is 7.60. The van der Waals surface area contributed by atoms with Crippen LogP contribution in [-0.4, -0.2) is 40.1 Å². The summed E-state index contributed by atoms with van der Waals surface area (Å²) in [6.07, 6.45) is 3.59. The lowest BCUT2D eigenvalue weighted by Gasteiger charge is -2.12. The summed E-state index contributed by atoms with van der Waals surface area (Å²) in [6, 6.07) is 7.45. The topological polar surface area (TPSA) is 69.0 Å². The largest absolute Gasteiger partial charge is 0.367 e. The Kier molecular flexibility index (Phi) is 9.10. The Labute approximate surface area is 170 Å². The Morgan fingerprint density at radius 2 is 2.11 bits per heavy atom. The Balaban J connectivity index is 1.68. The first-order valence-electron chi connectivity index (χ1n) is 9.05. The van der Waals surface area contributed by atoms with E-state index in [4.69, 9.17) is 16.3 Å². The molecule has 6 nitrogen and oxygen atoms in total. The Bertz CT molecular complexity index is 736. The van der Waals surface area contributed by atoms with Gasteiger partial charge in [0.1, 0.15) is 12.4 Å². The van der Waals surface area contributed by atoms with E-state index in [0.29, 0.717) is 24.1 Å². The van der Waals surface area contributed by atoms with Crippen LogP contribution in [0.2, 0.25) is 5.02 Å². The van der Waals surface area contributed by atoms with Gasteiger partial charge < -0.3 is 14.6 Å². The van der Waals surface area contributed by atoms with E-state index in [1.54, 1.807) is 17.8 Å². The van der Waals surface area contributed by atoms with E-state index in [1.807, 2.05) is 24.5 Å². The van der Waals surface area contributed by atoms with Gasteiger partial charge in [0.05, 0.1) is 6.61 Å². The smallest absolute Gasteiger partial charge is 0.246 e. The number of carbonyl (C=O) groups is 1. The molecule has 2 rings (SSSR count). The van der Waals surface area contributed by atoms with Crippen molar-refractivity contribution in [2.24, 2.45) is 5.92 Å². The van der Waals surface area contributed by atoms with Gasteiger partial charge in [-0.1, -0.05) is 55.4 Å². The summed E-state index contributed by atoms with van der Waals surface area (Å²) in [4.78, 5) is 11.9. The zero-order valence-corrected chi connectivity index (χ0v) is 17.6. The highest BCUT2D eigenvalue weighted by atomic mass is 35.5. The number of ether oxygens (including phenoxy) is 1. The average molecular weight is 411 g/mol. The number of thioether (sulfide) groups is 1. The SMILES string of the molecule is CSc1nnc(CCCNC(=O)COCc2ccccc2Cl)n1CC(C)C. The highest BCUT2D eigenvalue weighted by Crippen LogP contribution is 2.17. The maximum atomic E-state index is 11.9. The van der Waals surface area contributed by atoms with Crippen LogP contribution in [0.15, 0.2) is 29.4 Å². The number of rotatable bonds is 11. The predicted molar refractivity (Wildman–Crippen MR) is 109 cm³/mol. The van der Waals surface area contributed by atoms with Crippen molar-refractivity contribution in [3.05, 3.63) is 40.7 Å². The number of nitrogens with one attached hydrogen (secondary N) is 1. The van der Waals surface area contributed by atoms with E-state index in [0.717, 1.165) is 35.9 Å². The molecule has 1 aromatic heterocycles. The van der Waals surface area contributed by atoms with Gasteiger partial charge in [0.15, 0.2) is 5.16 Å². The number of aromatic nitrogens is 3. The van der Waals surface area contributed by atoms with E-state index in [-0.39, 0.29) is 12.5 Å². The molecule has 1 amide bonds. The summed E-state index contributed by atoms with van der Waals surface area (Å²) in [5.74, 6) is 1.37. The van der Waals surface area contributed by atoms with Crippen molar-refractivity contribution in [2.75, 3.05) is 19.4 Å². The lowest BCUT2D eigenvalue weighted by molar-refractivity contribution is -0.126. The number of aryl methyl sites for hydroxylation is 1. The molecule has 0 atom stereocenters. The number of carbonyl (C=O) groups excluding carboxylic acids is 1. The Morgan fingerprint density at radius 1 is 1.33 bits per heavy atom. The molecule has 1 heterocycles. The van der Waals surface area contributed by atoms with Crippen LogP contribution in [0.4, 0.5) is 0 Å². The second-order valence-corrected chi connectivity index (χ2v) is 7.83. The van der Waals surface area contributed by atoms with Gasteiger partial charge in [-0.05, 0) is 30.2 Å². The van der Waals surface area contributed by atoms with Crippen molar-refractivity contribution in [2.45, 2.75) is 45.0 Å². The van der Waals surface area contributed by atoms with Crippen molar-refractivity contribution >= 4 is 29.3 Å². The third kappa shape index (κ3) is 7.16. The van der Waals surface area contributed by atoms with Crippen LogP contribution >= 0.6 is 23.4 Å². The molecule has 0 saturated heterocycles. The third-order valence-electron chi connectivity index (χ3n) is 3.87. The van der Waals surface area contributed by atoms with Crippen molar-refractivity contribution < 1.29 is 9.53 Å². The molecule has 0 spiro atoms. The quantitative estimate of drug-likeness (QED) is 0.453. The summed E-state index contributed by atoms with van der Waals surface area (Å²) in [5, 5.41) is 13.0. The van der Waals surface area contributed by atoms with Gasteiger partial charge >= 0.3 is 0 Å². The van der Waals surface area contributed by atoms with Gasteiger partial charge in [0.2, 0.25) is 5.91 Å². The predicted octanol–water partition coefficient (Wildman–Crippen LogP) is 3.58. The number of benzene rings is 1. The molecule has 0 radical (unpaired) electrons. The zero-order chi connectivity index (χ0) is 19.6. The maximum Gasteiger partial charge on any atom is 0.246 e. The summed E-state index contributed by atoms with van der Waals surface area (Å²) >= 11 is 7.67. The normalized spacial score (nSPS) is 11.1. The second-order valence-electron chi connectivity index (χ2n) is 6.65. The van der Waals surface area contributed by atoms with Gasteiger partial charge in [0, 0.05) is 24.5 Å². The first-order chi connectivity index (χ1) is 13.0. The number of hydrogen-bond acceptors (Lipinski definition) is 5. The van der Waals surface area contributed by atoms with Gasteiger partial charge in [-0.3, -0.25) is 4.79 Å². The van der Waals surface area contributed by atoms with Crippen LogP contribution in [0.5, 0.6) is 0 Å². The lowest BCUT2D eigenvalue weighted by Crippen LogP contribution is -2.28. The molecular weight excluding hydrogens is 384 g/mol. The number of hydrogen-bond donors (Lipinski definition) is 1. The molecule has 8 heteroatoms. The molecule has 0 aliphatic rings. The minimum atomic E-state index is -0.129. The molecule has 0 fully saturated rings. The van der Waals surface area contributed by atoms with Crippen molar-refractivity contribution in [1.82, 2.24) is 20.1 Å². The third-order valence-corrected chi connectivity index (χ3v) is 4.91. The zero-order valence-electron chi connectivity index (χ0n) is 16.1. The van der Waals surface area contributed by atoms with Crippen molar-refractivity contribution in [3.8, 4) is 0 Å². The monoisotopic (exact) mass is 410 g/mol. The van der Waals surface area contributed by atoms with Gasteiger partial charge in [0.25, 0.3) is 0 Å². The van der Waals surface area contributed by atoms with Crippen LogP contribution in [0, 0.1) is 5.92 Å². The number of amides is 1. The van der Waals surface area contributed by atoms with E-state index in [1.165, 1.54) is 0 Å².